The number of alkyl halides is 2. The van der Waals surface area contributed by atoms with Gasteiger partial charge in [0.25, 0.3) is 12.4 Å². The van der Waals surface area contributed by atoms with Gasteiger partial charge in [-0.25, -0.2) is 8.78 Å². The molecule has 16 heavy (non-hydrogen) atoms. The Hall–Kier alpha value is -0.750. The lowest BCUT2D eigenvalue weighted by Crippen LogP contribution is -2.48. The number of ether oxygens (including phenoxy) is 1. The Morgan fingerprint density at radius 1 is 1.62 bits per heavy atom. The first-order valence-corrected chi connectivity index (χ1v) is 5.38. The van der Waals surface area contributed by atoms with Gasteiger partial charge in [-0.05, 0) is 13.8 Å². The number of halogens is 2. The molecule has 0 aromatic carbocycles. The summed E-state index contributed by atoms with van der Waals surface area (Å²) < 4.78 is 31.3. The number of rotatable bonds is 6. The summed E-state index contributed by atoms with van der Waals surface area (Å²) in [6.45, 7) is 4.64. The molecule has 1 aliphatic heterocycles. The van der Waals surface area contributed by atoms with Gasteiger partial charge in [0.15, 0.2) is 0 Å². The molecule has 0 saturated carbocycles. The highest BCUT2D eigenvalue weighted by Crippen LogP contribution is 2.28. The maximum Gasteiger partial charge on any atom is 0.294 e. The van der Waals surface area contributed by atoms with E-state index in [1.54, 1.807) is 4.90 Å². The van der Waals surface area contributed by atoms with E-state index in [1.807, 2.05) is 13.8 Å². The van der Waals surface area contributed by atoms with Crippen LogP contribution in [0.1, 0.15) is 20.3 Å². The molecule has 6 heteroatoms. The fourth-order valence-electron chi connectivity index (χ4n) is 1.71. The average Bonchev–Trinajstić information content (AvgIpc) is 2.52. The zero-order chi connectivity index (χ0) is 12.2. The Morgan fingerprint density at radius 2 is 2.31 bits per heavy atom. The molecule has 0 bridgehead atoms. The van der Waals surface area contributed by atoms with E-state index in [2.05, 4.69) is 10.1 Å². The van der Waals surface area contributed by atoms with Crippen LogP contribution in [-0.4, -0.2) is 49.2 Å². The smallest absolute Gasteiger partial charge is 0.294 e. The van der Waals surface area contributed by atoms with E-state index in [0.717, 1.165) is 0 Å². The zero-order valence-corrected chi connectivity index (χ0v) is 9.58. The molecule has 94 valence electrons. The minimum absolute atomic E-state index is 0.0510. The highest BCUT2D eigenvalue weighted by molar-refractivity contribution is 5.36. The quantitative estimate of drug-likeness (QED) is 0.548. The maximum absolute atomic E-state index is 13.4. The third-order valence-electron chi connectivity index (χ3n) is 2.81. The van der Waals surface area contributed by atoms with Gasteiger partial charge in [0.05, 0.1) is 6.04 Å². The Labute approximate surface area is 93.9 Å². The zero-order valence-electron chi connectivity index (χ0n) is 9.58. The molecule has 1 rings (SSSR count). The Balaban J connectivity index is 2.50. The molecule has 0 aromatic heterocycles. The van der Waals surface area contributed by atoms with Gasteiger partial charge in [-0.2, -0.15) is 0 Å². The van der Waals surface area contributed by atoms with E-state index in [0.29, 0.717) is 13.0 Å². The first-order valence-electron chi connectivity index (χ1n) is 5.38. The van der Waals surface area contributed by atoms with Crippen molar-refractivity contribution in [2.75, 3.05) is 19.8 Å². The summed E-state index contributed by atoms with van der Waals surface area (Å²) in [6, 6.07) is -0.802. The number of hydrogen-bond donors (Lipinski definition) is 1. The van der Waals surface area contributed by atoms with Crippen LogP contribution in [0.3, 0.4) is 0 Å². The second kappa shape index (κ2) is 5.54. The first kappa shape index (κ1) is 13.3. The highest BCUT2D eigenvalue weighted by Gasteiger charge is 2.44. The Kier molecular flexibility index (Phi) is 4.61. The van der Waals surface area contributed by atoms with Gasteiger partial charge in [-0.3, -0.25) is 9.69 Å². The molecule has 1 saturated heterocycles. The molecule has 1 atom stereocenters. The summed E-state index contributed by atoms with van der Waals surface area (Å²) in [5.74, 6) is -2.67. The van der Waals surface area contributed by atoms with Crippen LogP contribution in [0.25, 0.3) is 0 Å². The van der Waals surface area contributed by atoms with Crippen molar-refractivity contribution in [1.29, 1.82) is 0 Å². The minimum atomic E-state index is -2.67. The molecule has 0 radical (unpaired) electrons. The van der Waals surface area contributed by atoms with Gasteiger partial charge in [-0.15, -0.1) is 0 Å². The van der Waals surface area contributed by atoms with Crippen molar-refractivity contribution < 1.29 is 18.3 Å². The van der Waals surface area contributed by atoms with Gasteiger partial charge in [0.2, 0.25) is 0 Å². The lowest BCUT2D eigenvalue weighted by Gasteiger charge is -2.30. The van der Waals surface area contributed by atoms with E-state index in [-0.39, 0.29) is 25.7 Å². The monoisotopic (exact) mass is 236 g/mol. The largest absolute Gasteiger partial charge is 0.452 e. The van der Waals surface area contributed by atoms with Crippen molar-refractivity contribution in [1.82, 2.24) is 10.2 Å². The summed E-state index contributed by atoms with van der Waals surface area (Å²) in [7, 11) is 0. The predicted octanol–water partition coefficient (Wildman–Crippen LogP) is 0.824. The van der Waals surface area contributed by atoms with Crippen LogP contribution in [0.15, 0.2) is 0 Å². The van der Waals surface area contributed by atoms with Crippen LogP contribution in [0.2, 0.25) is 0 Å². The number of nitrogens with zero attached hydrogens (tertiary/aromatic N) is 1. The topological polar surface area (TPSA) is 41.6 Å². The van der Waals surface area contributed by atoms with Gasteiger partial charge in [0.1, 0.15) is 6.73 Å². The number of nitrogens with one attached hydrogen (secondary N) is 1. The molecule has 1 unspecified atom stereocenters. The normalized spacial score (nSPS) is 24.0. The van der Waals surface area contributed by atoms with Crippen LogP contribution in [0.4, 0.5) is 8.78 Å². The second-order valence-electron chi connectivity index (χ2n) is 4.27. The molecule has 4 nitrogen and oxygen atoms in total. The molecule has 0 spiro atoms. The molecular formula is C10H18F2N2O2. The second-order valence-corrected chi connectivity index (χ2v) is 4.27. The van der Waals surface area contributed by atoms with Crippen molar-refractivity contribution in [2.24, 2.45) is 0 Å². The molecule has 0 amide bonds. The van der Waals surface area contributed by atoms with Gasteiger partial charge in [-0.1, -0.05) is 0 Å². The van der Waals surface area contributed by atoms with E-state index in [1.165, 1.54) is 0 Å². The number of carbonyl (C=O) groups is 1. The predicted molar refractivity (Wildman–Crippen MR) is 55.2 cm³/mol. The van der Waals surface area contributed by atoms with E-state index in [9.17, 15) is 13.6 Å². The van der Waals surface area contributed by atoms with Crippen molar-refractivity contribution >= 4 is 6.47 Å². The van der Waals surface area contributed by atoms with Crippen LogP contribution >= 0.6 is 0 Å². The molecule has 0 aliphatic carbocycles. The van der Waals surface area contributed by atoms with Crippen molar-refractivity contribution in [3.05, 3.63) is 0 Å². The SMILES string of the molecule is CC(C)N(COC=O)CC1NCCC1(F)F. The number of carbonyl (C=O) groups excluding carboxylic acids is 1. The van der Waals surface area contributed by atoms with Gasteiger partial charge >= 0.3 is 0 Å². The van der Waals surface area contributed by atoms with E-state index < -0.39 is 12.0 Å². The first-order chi connectivity index (χ1) is 7.47. The van der Waals surface area contributed by atoms with Crippen molar-refractivity contribution in [3.63, 3.8) is 0 Å². The summed E-state index contributed by atoms with van der Waals surface area (Å²) >= 11 is 0. The lowest BCUT2D eigenvalue weighted by atomic mass is 10.1. The third kappa shape index (κ3) is 3.38. The van der Waals surface area contributed by atoms with Crippen molar-refractivity contribution in [2.45, 2.75) is 38.3 Å². The summed E-state index contributed by atoms with van der Waals surface area (Å²) in [5.41, 5.74) is 0. The van der Waals surface area contributed by atoms with E-state index >= 15 is 0 Å². The average molecular weight is 236 g/mol. The minimum Gasteiger partial charge on any atom is -0.452 e. The summed E-state index contributed by atoms with van der Waals surface area (Å²) in [4.78, 5) is 11.8. The van der Waals surface area contributed by atoms with E-state index in [4.69, 9.17) is 0 Å². The fraction of sp³-hybridized carbons (Fsp3) is 0.900. The van der Waals surface area contributed by atoms with Gasteiger partial charge in [0, 0.05) is 25.6 Å². The molecule has 1 fully saturated rings. The third-order valence-corrected chi connectivity index (χ3v) is 2.81. The van der Waals surface area contributed by atoms with Gasteiger partial charge < -0.3 is 10.1 Å². The molecular weight excluding hydrogens is 218 g/mol. The van der Waals surface area contributed by atoms with Crippen LogP contribution in [-0.2, 0) is 9.53 Å². The van der Waals surface area contributed by atoms with Crippen molar-refractivity contribution in [3.8, 4) is 0 Å². The Bertz CT molecular complexity index is 237. The maximum atomic E-state index is 13.4. The highest BCUT2D eigenvalue weighted by atomic mass is 19.3. The Morgan fingerprint density at radius 3 is 2.75 bits per heavy atom. The standard InChI is InChI=1S/C10H18F2N2O2/c1-8(2)14(6-16-7-15)5-9-10(11,12)3-4-13-9/h7-9,13H,3-6H2,1-2H3. The molecule has 1 heterocycles. The van der Waals surface area contributed by atoms with Crippen LogP contribution in [0.5, 0.6) is 0 Å². The lowest BCUT2D eigenvalue weighted by molar-refractivity contribution is -0.134. The number of hydrogen-bond acceptors (Lipinski definition) is 4. The summed E-state index contributed by atoms with van der Waals surface area (Å²) in [6.07, 6.45) is -0.127. The molecule has 1 aliphatic rings. The molecule has 0 aromatic rings. The van der Waals surface area contributed by atoms with Crippen LogP contribution in [0, 0.1) is 0 Å². The molecule has 1 N–H and O–H groups in total. The summed E-state index contributed by atoms with van der Waals surface area (Å²) in [5, 5.41) is 2.77. The van der Waals surface area contributed by atoms with Crippen LogP contribution < -0.4 is 5.32 Å². The fourth-order valence-corrected chi connectivity index (χ4v) is 1.71.